The lowest BCUT2D eigenvalue weighted by Gasteiger charge is -2.40. The number of carbonyl (C=O) groups is 1. The topological polar surface area (TPSA) is 149 Å². The van der Waals surface area contributed by atoms with Crippen molar-refractivity contribution < 1.29 is 39.8 Å². The van der Waals surface area contributed by atoms with Crippen LogP contribution in [0, 0.1) is 0 Å². The number of aliphatic hydroxyl groups is 5. The normalized spacial score (nSPS) is 23.7. The maximum absolute atomic E-state index is 11.7. The predicted molar refractivity (Wildman–Crippen MR) is 171 cm³/mol. The van der Waals surface area contributed by atoms with E-state index in [1.807, 2.05) is 0 Å². The van der Waals surface area contributed by atoms with Crippen LogP contribution < -0.4 is 5.32 Å². The molecule has 0 aromatic rings. The van der Waals surface area contributed by atoms with Gasteiger partial charge in [0.25, 0.3) is 0 Å². The van der Waals surface area contributed by atoms with Gasteiger partial charge in [-0.05, 0) is 6.42 Å². The van der Waals surface area contributed by atoms with Crippen molar-refractivity contribution in [2.45, 2.75) is 198 Å². The quantitative estimate of drug-likeness (QED) is 0.0651. The molecule has 1 saturated heterocycles. The van der Waals surface area contributed by atoms with E-state index in [2.05, 4.69) is 12.2 Å². The van der Waals surface area contributed by atoms with Crippen LogP contribution in [0.4, 0.5) is 0 Å². The molecule has 7 unspecified atom stereocenters. The zero-order chi connectivity index (χ0) is 31.7. The van der Waals surface area contributed by atoms with Gasteiger partial charge >= 0.3 is 0 Å². The molecule has 9 heteroatoms. The van der Waals surface area contributed by atoms with E-state index in [9.17, 15) is 30.3 Å². The van der Waals surface area contributed by atoms with Crippen molar-refractivity contribution in [2.75, 3.05) is 13.2 Å². The highest BCUT2D eigenvalue weighted by Crippen LogP contribution is 2.23. The molecule has 9 nitrogen and oxygen atoms in total. The third-order valence-corrected chi connectivity index (χ3v) is 8.75. The summed E-state index contributed by atoms with van der Waals surface area (Å²) in [6.07, 6.45) is 20.4. The van der Waals surface area contributed by atoms with Crippen molar-refractivity contribution in [1.29, 1.82) is 0 Å². The van der Waals surface area contributed by atoms with E-state index in [1.165, 1.54) is 122 Å². The largest absolute Gasteiger partial charge is 0.394 e. The number of aliphatic hydroxyl groups excluding tert-OH is 5. The average molecular weight is 618 g/mol. The van der Waals surface area contributed by atoms with Gasteiger partial charge in [0.1, 0.15) is 24.4 Å². The molecule has 43 heavy (non-hydrogen) atoms. The highest BCUT2D eigenvalue weighted by atomic mass is 16.7. The lowest BCUT2D eigenvalue weighted by atomic mass is 9.99. The van der Waals surface area contributed by atoms with Gasteiger partial charge in [0.2, 0.25) is 5.91 Å². The fourth-order valence-electron chi connectivity index (χ4n) is 5.90. The average Bonchev–Trinajstić information content (AvgIpc) is 2.99. The predicted octanol–water partition coefficient (Wildman–Crippen LogP) is 5.27. The van der Waals surface area contributed by atoms with Gasteiger partial charge in [-0.3, -0.25) is 4.79 Å². The molecule has 7 atom stereocenters. The third kappa shape index (κ3) is 19.3. The first-order chi connectivity index (χ1) is 20.8. The Morgan fingerprint density at radius 3 is 1.51 bits per heavy atom. The van der Waals surface area contributed by atoms with Gasteiger partial charge < -0.3 is 40.3 Å². The summed E-state index contributed by atoms with van der Waals surface area (Å²) in [5.74, 6) is -0.319. The molecule has 1 heterocycles. The zero-order valence-electron chi connectivity index (χ0n) is 27.5. The molecular weight excluding hydrogens is 550 g/mol. The minimum absolute atomic E-state index is 0.150. The summed E-state index contributed by atoms with van der Waals surface area (Å²) in [6, 6.07) is -0.713. The second-order valence-corrected chi connectivity index (χ2v) is 12.8. The van der Waals surface area contributed by atoms with E-state index in [0.29, 0.717) is 6.42 Å². The Morgan fingerprint density at radius 2 is 1.12 bits per heavy atom. The van der Waals surface area contributed by atoms with Crippen molar-refractivity contribution in [3.8, 4) is 0 Å². The minimum atomic E-state index is -1.54. The minimum Gasteiger partial charge on any atom is -0.394 e. The lowest BCUT2D eigenvalue weighted by Crippen LogP contribution is -2.60. The molecular formula is C34H67NO8. The number of carbonyl (C=O) groups excluding carboxylic acids is 1. The van der Waals surface area contributed by atoms with Crippen LogP contribution in [0.15, 0.2) is 0 Å². The Balaban J connectivity index is 2.02. The van der Waals surface area contributed by atoms with Crippen LogP contribution in [0.25, 0.3) is 0 Å². The van der Waals surface area contributed by atoms with E-state index in [-0.39, 0.29) is 12.5 Å². The highest BCUT2D eigenvalue weighted by Gasteiger charge is 2.44. The molecule has 256 valence electrons. The number of ether oxygens (including phenoxy) is 2. The number of hydrogen-bond acceptors (Lipinski definition) is 8. The zero-order valence-corrected chi connectivity index (χ0v) is 27.5. The van der Waals surface area contributed by atoms with Gasteiger partial charge in [0.05, 0.1) is 25.4 Å². The van der Waals surface area contributed by atoms with Gasteiger partial charge in [0.15, 0.2) is 6.29 Å². The molecule has 0 bridgehead atoms. The summed E-state index contributed by atoms with van der Waals surface area (Å²) in [7, 11) is 0. The van der Waals surface area contributed by atoms with Crippen LogP contribution in [0.5, 0.6) is 0 Å². The van der Waals surface area contributed by atoms with Crippen molar-refractivity contribution in [3.63, 3.8) is 0 Å². The Morgan fingerprint density at radius 1 is 0.698 bits per heavy atom. The monoisotopic (exact) mass is 617 g/mol. The lowest BCUT2D eigenvalue weighted by molar-refractivity contribution is -0.302. The summed E-state index contributed by atoms with van der Waals surface area (Å²) < 4.78 is 10.9. The molecule has 1 fully saturated rings. The summed E-state index contributed by atoms with van der Waals surface area (Å²) in [6.45, 7) is 2.93. The van der Waals surface area contributed by atoms with E-state index in [0.717, 1.165) is 19.3 Å². The van der Waals surface area contributed by atoms with Crippen LogP contribution in [0.3, 0.4) is 0 Å². The highest BCUT2D eigenvalue weighted by molar-refractivity contribution is 5.73. The molecule has 1 aliphatic rings. The SMILES string of the molecule is CCCCCCCCCCCCCCCCCCCCCCCC(O)C(COC1OC(CO)C(O)C(O)C1O)NC(C)=O. The molecule has 0 aromatic heterocycles. The summed E-state index contributed by atoms with van der Waals surface area (Å²) in [4.78, 5) is 11.7. The van der Waals surface area contributed by atoms with Crippen LogP contribution in [0.1, 0.15) is 155 Å². The molecule has 0 aliphatic carbocycles. The number of rotatable bonds is 28. The first kappa shape index (κ1) is 40.2. The van der Waals surface area contributed by atoms with Gasteiger partial charge in [-0.15, -0.1) is 0 Å². The Hall–Kier alpha value is -0.810. The molecule has 1 rings (SSSR count). The standard InChI is InChI=1S/C34H67NO8/c1-3-4-5-6-7-8-9-10-11-12-13-14-15-16-17-18-19-20-21-22-23-24-29(38)28(35-27(2)37)26-42-34-33(41)32(40)31(39)30(25-36)43-34/h28-34,36,38-41H,3-26H2,1-2H3,(H,35,37). The van der Waals surface area contributed by atoms with E-state index in [4.69, 9.17) is 9.47 Å². The Labute approximate surface area is 262 Å². The van der Waals surface area contributed by atoms with Gasteiger partial charge in [-0.1, -0.05) is 142 Å². The maximum Gasteiger partial charge on any atom is 0.217 e. The number of hydrogen-bond donors (Lipinski definition) is 6. The number of amides is 1. The first-order valence-electron chi connectivity index (χ1n) is 17.7. The van der Waals surface area contributed by atoms with Crippen LogP contribution >= 0.6 is 0 Å². The van der Waals surface area contributed by atoms with E-state index in [1.54, 1.807) is 0 Å². The van der Waals surface area contributed by atoms with Crippen LogP contribution in [-0.2, 0) is 14.3 Å². The fraction of sp³-hybridized carbons (Fsp3) is 0.971. The van der Waals surface area contributed by atoms with Gasteiger partial charge in [-0.25, -0.2) is 0 Å². The maximum atomic E-state index is 11.7. The first-order valence-corrected chi connectivity index (χ1v) is 17.7. The Kier molecular flexibility index (Phi) is 24.7. The van der Waals surface area contributed by atoms with E-state index < -0.39 is 49.5 Å². The Bertz CT molecular complexity index is 652. The van der Waals surface area contributed by atoms with Crippen LogP contribution in [-0.4, -0.2) is 87.5 Å². The molecule has 0 spiro atoms. The van der Waals surface area contributed by atoms with Gasteiger partial charge in [0, 0.05) is 6.92 Å². The van der Waals surface area contributed by atoms with Crippen molar-refractivity contribution in [3.05, 3.63) is 0 Å². The molecule has 0 aromatic carbocycles. The van der Waals surface area contributed by atoms with E-state index >= 15 is 0 Å². The second-order valence-electron chi connectivity index (χ2n) is 12.8. The number of unbranched alkanes of at least 4 members (excludes halogenated alkanes) is 20. The molecule has 6 N–H and O–H groups in total. The molecule has 0 saturated carbocycles. The second kappa shape index (κ2) is 26.4. The summed E-state index contributed by atoms with van der Waals surface area (Å²) in [5.41, 5.74) is 0. The van der Waals surface area contributed by atoms with Crippen molar-refractivity contribution >= 4 is 5.91 Å². The summed E-state index contributed by atoms with van der Waals surface area (Å²) >= 11 is 0. The molecule has 1 amide bonds. The smallest absolute Gasteiger partial charge is 0.217 e. The van der Waals surface area contributed by atoms with Crippen molar-refractivity contribution in [2.24, 2.45) is 0 Å². The summed E-state index contributed by atoms with van der Waals surface area (Å²) in [5, 5.41) is 52.7. The number of nitrogens with one attached hydrogen (secondary N) is 1. The molecule has 0 radical (unpaired) electrons. The van der Waals surface area contributed by atoms with Crippen molar-refractivity contribution in [1.82, 2.24) is 5.32 Å². The molecule has 1 aliphatic heterocycles. The third-order valence-electron chi connectivity index (χ3n) is 8.75. The van der Waals surface area contributed by atoms with Crippen LogP contribution in [0.2, 0.25) is 0 Å². The van der Waals surface area contributed by atoms with Gasteiger partial charge in [-0.2, -0.15) is 0 Å². The fourth-order valence-corrected chi connectivity index (χ4v) is 5.90.